The summed E-state index contributed by atoms with van der Waals surface area (Å²) < 4.78 is -0.600. The molecule has 1 fully saturated rings. The number of carbonyl (C=O) groups excluding carboxylic acids is 1. The summed E-state index contributed by atoms with van der Waals surface area (Å²) in [6, 6.07) is 4.55. The fourth-order valence-corrected chi connectivity index (χ4v) is 2.75. The Balaban J connectivity index is 1.75. The Morgan fingerprint density at radius 2 is 2.05 bits per heavy atom. The van der Waals surface area contributed by atoms with Crippen LogP contribution in [0.1, 0.15) is 12.8 Å². The highest BCUT2D eigenvalue weighted by atomic mass is 35.5. The molecule has 0 radical (unpaired) electrons. The number of rotatable bonds is 4. The average Bonchev–Trinajstić information content (AvgIpc) is 2.90. The normalized spacial score (nSPS) is 19.9. The van der Waals surface area contributed by atoms with Crippen LogP contribution < -0.4 is 10.6 Å². The fraction of sp³-hybridized carbons (Fsp3) is 0.417. The number of hydrogen-bond donors (Lipinski definition) is 2. The Morgan fingerprint density at radius 1 is 1.37 bits per heavy atom. The van der Waals surface area contributed by atoms with Crippen molar-refractivity contribution in [1.82, 2.24) is 5.32 Å². The summed E-state index contributed by atoms with van der Waals surface area (Å²) in [6.07, 6.45) is 1.54. The van der Waals surface area contributed by atoms with E-state index in [4.69, 9.17) is 46.4 Å². The molecule has 0 spiro atoms. The van der Waals surface area contributed by atoms with Crippen molar-refractivity contribution in [2.75, 3.05) is 11.9 Å². The van der Waals surface area contributed by atoms with Gasteiger partial charge in [-0.2, -0.15) is 0 Å². The molecule has 0 bridgehead atoms. The number of alkyl halides is 2. The smallest absolute Gasteiger partial charge is 0.319 e. The van der Waals surface area contributed by atoms with Crippen LogP contribution in [-0.2, 0) is 0 Å². The van der Waals surface area contributed by atoms with Crippen LogP contribution in [-0.4, -0.2) is 16.9 Å². The molecule has 2 rings (SSSR count). The molecule has 1 aliphatic rings. The van der Waals surface area contributed by atoms with Crippen LogP contribution in [0.3, 0.4) is 0 Å². The predicted molar refractivity (Wildman–Crippen MR) is 80.6 cm³/mol. The van der Waals surface area contributed by atoms with Gasteiger partial charge in [0.05, 0.1) is 10.7 Å². The van der Waals surface area contributed by atoms with Crippen molar-refractivity contribution in [3.63, 3.8) is 0 Å². The lowest BCUT2D eigenvalue weighted by Gasteiger charge is -2.09. The Hall–Kier alpha value is -0.350. The van der Waals surface area contributed by atoms with E-state index >= 15 is 0 Å². The summed E-state index contributed by atoms with van der Waals surface area (Å²) in [4.78, 5) is 11.6. The lowest BCUT2D eigenvalue weighted by atomic mass is 10.3. The second-order valence-corrected chi connectivity index (χ2v) is 6.84. The van der Waals surface area contributed by atoms with Gasteiger partial charge in [-0.1, -0.05) is 23.2 Å². The third-order valence-electron chi connectivity index (χ3n) is 2.91. The van der Waals surface area contributed by atoms with Gasteiger partial charge in [0, 0.05) is 11.6 Å². The number of urea groups is 1. The summed E-state index contributed by atoms with van der Waals surface area (Å²) in [5, 5.41) is 6.28. The lowest BCUT2D eigenvalue weighted by molar-refractivity contribution is 0.252. The van der Waals surface area contributed by atoms with Gasteiger partial charge in [0.25, 0.3) is 0 Å². The molecule has 0 aromatic heterocycles. The number of carbonyl (C=O) groups is 1. The van der Waals surface area contributed by atoms with Gasteiger partial charge in [0.15, 0.2) is 0 Å². The van der Waals surface area contributed by atoms with Crippen molar-refractivity contribution < 1.29 is 4.79 Å². The molecule has 1 atom stereocenters. The van der Waals surface area contributed by atoms with Gasteiger partial charge in [-0.15, -0.1) is 23.2 Å². The summed E-state index contributed by atoms with van der Waals surface area (Å²) in [6.45, 7) is 0.517. The van der Waals surface area contributed by atoms with E-state index in [1.165, 1.54) is 0 Å². The highest BCUT2D eigenvalue weighted by Crippen LogP contribution is 2.54. The molecule has 1 aromatic rings. The van der Waals surface area contributed by atoms with Crippen molar-refractivity contribution in [2.45, 2.75) is 17.2 Å². The Bertz CT molecular complexity index is 493. The topological polar surface area (TPSA) is 41.1 Å². The minimum Gasteiger partial charge on any atom is -0.338 e. The minimum absolute atomic E-state index is 0.259. The van der Waals surface area contributed by atoms with E-state index in [1.54, 1.807) is 18.2 Å². The zero-order valence-electron chi connectivity index (χ0n) is 9.85. The predicted octanol–water partition coefficient (Wildman–Crippen LogP) is 4.70. The largest absolute Gasteiger partial charge is 0.338 e. The SMILES string of the molecule is O=C(NCC[C@@H]1CC1(Cl)Cl)Nc1ccc(Cl)cc1Cl. The van der Waals surface area contributed by atoms with E-state index in [-0.39, 0.29) is 11.9 Å². The van der Waals surface area contributed by atoms with Crippen molar-refractivity contribution >= 4 is 58.1 Å². The molecule has 2 amide bonds. The average molecular weight is 342 g/mol. The van der Waals surface area contributed by atoms with Gasteiger partial charge < -0.3 is 10.6 Å². The highest BCUT2D eigenvalue weighted by Gasteiger charge is 2.50. The summed E-state index contributed by atoms with van der Waals surface area (Å²) >= 11 is 23.5. The maximum atomic E-state index is 11.6. The monoisotopic (exact) mass is 340 g/mol. The van der Waals surface area contributed by atoms with Gasteiger partial charge in [-0.05, 0) is 37.0 Å². The third kappa shape index (κ3) is 4.32. The van der Waals surface area contributed by atoms with Gasteiger partial charge in [0.2, 0.25) is 0 Å². The van der Waals surface area contributed by atoms with Crippen LogP contribution in [0.25, 0.3) is 0 Å². The third-order valence-corrected chi connectivity index (χ3v) is 4.39. The zero-order chi connectivity index (χ0) is 14.0. The van der Waals surface area contributed by atoms with Gasteiger partial charge in [0.1, 0.15) is 4.33 Å². The quantitative estimate of drug-likeness (QED) is 0.766. The van der Waals surface area contributed by atoms with Crippen LogP contribution in [0.5, 0.6) is 0 Å². The Morgan fingerprint density at radius 3 is 2.63 bits per heavy atom. The first-order valence-corrected chi connectivity index (χ1v) is 7.27. The molecule has 2 N–H and O–H groups in total. The van der Waals surface area contributed by atoms with Crippen molar-refractivity contribution in [3.05, 3.63) is 28.2 Å². The van der Waals surface area contributed by atoms with E-state index in [0.717, 1.165) is 12.8 Å². The van der Waals surface area contributed by atoms with E-state index < -0.39 is 4.33 Å². The molecule has 0 heterocycles. The number of anilines is 1. The van der Waals surface area contributed by atoms with Crippen molar-refractivity contribution in [3.8, 4) is 0 Å². The van der Waals surface area contributed by atoms with E-state index in [9.17, 15) is 4.79 Å². The summed E-state index contributed by atoms with van der Waals surface area (Å²) in [5.41, 5.74) is 0.513. The molecule has 0 unspecified atom stereocenters. The van der Waals surface area contributed by atoms with Crippen LogP contribution in [0.2, 0.25) is 10.0 Å². The molecule has 7 heteroatoms. The number of nitrogens with one attached hydrogen (secondary N) is 2. The maximum absolute atomic E-state index is 11.6. The molecular weight excluding hydrogens is 330 g/mol. The fourth-order valence-electron chi connectivity index (χ4n) is 1.70. The second-order valence-electron chi connectivity index (χ2n) is 4.46. The van der Waals surface area contributed by atoms with E-state index in [1.807, 2.05) is 0 Å². The molecule has 0 saturated heterocycles. The first-order valence-electron chi connectivity index (χ1n) is 5.76. The van der Waals surface area contributed by atoms with Crippen molar-refractivity contribution in [2.24, 2.45) is 5.92 Å². The zero-order valence-corrected chi connectivity index (χ0v) is 12.9. The van der Waals surface area contributed by atoms with Crippen molar-refractivity contribution in [1.29, 1.82) is 0 Å². The van der Waals surface area contributed by atoms with Crippen LogP contribution in [0.4, 0.5) is 10.5 Å². The number of hydrogen-bond acceptors (Lipinski definition) is 1. The van der Waals surface area contributed by atoms with Crippen LogP contribution >= 0.6 is 46.4 Å². The van der Waals surface area contributed by atoms with Crippen LogP contribution in [0.15, 0.2) is 18.2 Å². The molecule has 1 aliphatic carbocycles. The Labute approximate surface area is 131 Å². The summed E-state index contributed by atoms with van der Waals surface area (Å²) in [7, 11) is 0. The molecule has 1 saturated carbocycles. The Kier molecular flexibility index (Phi) is 4.72. The summed E-state index contributed by atoms with van der Waals surface area (Å²) in [5.74, 6) is 0.259. The van der Waals surface area contributed by atoms with Crippen LogP contribution in [0, 0.1) is 5.92 Å². The molecule has 19 heavy (non-hydrogen) atoms. The second kappa shape index (κ2) is 5.96. The number of amides is 2. The van der Waals surface area contributed by atoms with E-state index in [0.29, 0.717) is 22.3 Å². The van der Waals surface area contributed by atoms with Gasteiger partial charge in [-0.3, -0.25) is 0 Å². The molecular formula is C12H12Cl4N2O. The highest BCUT2D eigenvalue weighted by molar-refractivity contribution is 6.50. The molecule has 0 aliphatic heterocycles. The molecule has 1 aromatic carbocycles. The number of halogens is 4. The van der Waals surface area contributed by atoms with Gasteiger partial charge >= 0.3 is 6.03 Å². The first kappa shape index (κ1) is 15.0. The van der Waals surface area contributed by atoms with Gasteiger partial charge in [-0.25, -0.2) is 4.79 Å². The maximum Gasteiger partial charge on any atom is 0.319 e. The van der Waals surface area contributed by atoms with E-state index in [2.05, 4.69) is 10.6 Å². The molecule has 104 valence electrons. The minimum atomic E-state index is -0.600. The molecule has 3 nitrogen and oxygen atoms in total. The lowest BCUT2D eigenvalue weighted by Crippen LogP contribution is -2.30. The number of benzene rings is 1. The standard InChI is InChI=1S/C12H12Cl4N2O/c13-8-1-2-10(9(14)5-8)18-11(19)17-4-3-7-6-12(7,15)16/h1-2,5,7H,3-4,6H2,(H2,17,18,19)/t7-/m1/s1. The first-order chi connectivity index (χ1) is 8.88.